The minimum atomic E-state index is 0.0156. The summed E-state index contributed by atoms with van der Waals surface area (Å²) >= 11 is 0. The van der Waals surface area contributed by atoms with Gasteiger partial charge >= 0.3 is 0 Å². The molecule has 0 saturated heterocycles. The standard InChI is InChI=1S/C15H21N3O/c1-15(2,3)11-8-10(6-7-13(11)19-5)12-9-18(4)14(16)17-12/h6-9H,1-5H3,(H2,16,17). The van der Waals surface area contributed by atoms with Gasteiger partial charge in [-0.25, -0.2) is 4.98 Å². The van der Waals surface area contributed by atoms with E-state index in [0.29, 0.717) is 5.95 Å². The normalized spacial score (nSPS) is 11.6. The van der Waals surface area contributed by atoms with Gasteiger partial charge in [-0.2, -0.15) is 0 Å². The van der Waals surface area contributed by atoms with Gasteiger partial charge in [0.1, 0.15) is 5.75 Å². The summed E-state index contributed by atoms with van der Waals surface area (Å²) in [6.07, 6.45) is 1.93. The number of rotatable bonds is 2. The van der Waals surface area contributed by atoms with Gasteiger partial charge in [-0.15, -0.1) is 0 Å². The van der Waals surface area contributed by atoms with Crippen LogP contribution in [0.15, 0.2) is 24.4 Å². The lowest BCUT2D eigenvalue weighted by Crippen LogP contribution is -2.12. The van der Waals surface area contributed by atoms with Crippen molar-refractivity contribution in [1.29, 1.82) is 0 Å². The number of ether oxygens (including phenoxy) is 1. The van der Waals surface area contributed by atoms with Gasteiger partial charge in [-0.3, -0.25) is 0 Å². The van der Waals surface area contributed by atoms with Crippen LogP contribution in [0, 0.1) is 0 Å². The van der Waals surface area contributed by atoms with E-state index in [1.807, 2.05) is 29.9 Å². The highest BCUT2D eigenvalue weighted by Gasteiger charge is 2.20. The first-order valence-electron chi connectivity index (χ1n) is 6.30. The van der Waals surface area contributed by atoms with E-state index in [9.17, 15) is 0 Å². The Hall–Kier alpha value is -1.97. The molecule has 19 heavy (non-hydrogen) atoms. The second kappa shape index (κ2) is 4.61. The SMILES string of the molecule is COc1ccc(-c2cn(C)c(N)n2)cc1C(C)(C)C. The van der Waals surface area contributed by atoms with Gasteiger partial charge in [0.2, 0.25) is 0 Å². The molecule has 1 aromatic carbocycles. The van der Waals surface area contributed by atoms with E-state index in [4.69, 9.17) is 10.5 Å². The summed E-state index contributed by atoms with van der Waals surface area (Å²) in [4.78, 5) is 4.36. The number of nitrogens with two attached hydrogens (primary N) is 1. The lowest BCUT2D eigenvalue weighted by molar-refractivity contribution is 0.397. The predicted octanol–water partition coefficient (Wildman–Crippen LogP) is 2.98. The van der Waals surface area contributed by atoms with Gasteiger partial charge in [-0.1, -0.05) is 20.8 Å². The quantitative estimate of drug-likeness (QED) is 0.902. The zero-order chi connectivity index (χ0) is 14.2. The van der Waals surface area contributed by atoms with Crippen LogP contribution in [-0.4, -0.2) is 16.7 Å². The molecule has 0 aliphatic carbocycles. The number of hydrogen-bond acceptors (Lipinski definition) is 3. The lowest BCUT2D eigenvalue weighted by atomic mass is 9.85. The van der Waals surface area contributed by atoms with Crippen LogP contribution in [0.25, 0.3) is 11.3 Å². The van der Waals surface area contributed by atoms with Crippen molar-refractivity contribution >= 4 is 5.95 Å². The number of nitrogen functional groups attached to an aromatic ring is 1. The third-order valence-electron chi connectivity index (χ3n) is 3.22. The molecule has 102 valence electrons. The number of hydrogen-bond donors (Lipinski definition) is 1. The largest absolute Gasteiger partial charge is 0.496 e. The molecular formula is C15H21N3O. The molecule has 0 fully saturated rings. The predicted molar refractivity (Wildman–Crippen MR) is 78.3 cm³/mol. The maximum atomic E-state index is 5.79. The Morgan fingerprint density at radius 3 is 2.42 bits per heavy atom. The smallest absolute Gasteiger partial charge is 0.200 e. The number of methoxy groups -OCH3 is 1. The van der Waals surface area contributed by atoms with Gasteiger partial charge in [0, 0.05) is 24.4 Å². The van der Waals surface area contributed by atoms with Gasteiger partial charge in [0.25, 0.3) is 0 Å². The summed E-state index contributed by atoms with van der Waals surface area (Å²) in [6, 6.07) is 6.12. The molecule has 0 saturated carbocycles. The third-order valence-corrected chi connectivity index (χ3v) is 3.22. The van der Waals surface area contributed by atoms with Crippen molar-refractivity contribution in [2.24, 2.45) is 7.05 Å². The van der Waals surface area contributed by atoms with Crippen LogP contribution < -0.4 is 10.5 Å². The maximum Gasteiger partial charge on any atom is 0.200 e. The number of aryl methyl sites for hydroxylation is 1. The second-order valence-electron chi connectivity index (χ2n) is 5.76. The number of anilines is 1. The van der Waals surface area contributed by atoms with Gasteiger partial charge in [-0.05, 0) is 23.6 Å². The number of nitrogens with zero attached hydrogens (tertiary/aromatic N) is 2. The molecule has 0 spiro atoms. The topological polar surface area (TPSA) is 53.1 Å². The van der Waals surface area contributed by atoms with E-state index in [0.717, 1.165) is 22.6 Å². The summed E-state index contributed by atoms with van der Waals surface area (Å²) < 4.78 is 7.26. The summed E-state index contributed by atoms with van der Waals surface area (Å²) in [5.74, 6) is 1.42. The van der Waals surface area contributed by atoms with Crippen molar-refractivity contribution in [3.8, 4) is 17.0 Å². The number of aromatic nitrogens is 2. The van der Waals surface area contributed by atoms with Crippen LogP contribution in [0.5, 0.6) is 5.75 Å². The first kappa shape index (κ1) is 13.5. The van der Waals surface area contributed by atoms with E-state index in [1.165, 1.54) is 0 Å². The lowest BCUT2D eigenvalue weighted by Gasteiger charge is -2.22. The molecule has 2 aromatic rings. The zero-order valence-electron chi connectivity index (χ0n) is 12.2. The highest BCUT2D eigenvalue weighted by molar-refractivity contribution is 5.64. The molecule has 1 aromatic heterocycles. The van der Waals surface area contributed by atoms with Gasteiger partial charge in [0.05, 0.1) is 12.8 Å². The molecule has 4 heteroatoms. The summed E-state index contributed by atoms with van der Waals surface area (Å²) in [7, 11) is 3.59. The van der Waals surface area contributed by atoms with Crippen molar-refractivity contribution in [3.63, 3.8) is 0 Å². The van der Waals surface area contributed by atoms with E-state index >= 15 is 0 Å². The van der Waals surface area contributed by atoms with Gasteiger partial charge < -0.3 is 15.0 Å². The minimum absolute atomic E-state index is 0.0156. The van der Waals surface area contributed by atoms with Crippen LogP contribution in [0.4, 0.5) is 5.95 Å². The average molecular weight is 259 g/mol. The molecule has 0 unspecified atom stereocenters. The number of imidazole rings is 1. The van der Waals surface area contributed by atoms with Gasteiger partial charge in [0.15, 0.2) is 5.95 Å². The zero-order valence-corrected chi connectivity index (χ0v) is 12.2. The van der Waals surface area contributed by atoms with E-state index < -0.39 is 0 Å². The summed E-state index contributed by atoms with van der Waals surface area (Å²) in [5.41, 5.74) is 8.90. The molecule has 4 nitrogen and oxygen atoms in total. The molecule has 0 aliphatic heterocycles. The van der Waals surface area contributed by atoms with E-state index in [1.54, 1.807) is 7.11 Å². The minimum Gasteiger partial charge on any atom is -0.496 e. The first-order valence-corrected chi connectivity index (χ1v) is 6.30. The van der Waals surface area contributed by atoms with E-state index in [2.05, 4.69) is 31.8 Å². The Labute approximate surface area is 114 Å². The summed E-state index contributed by atoms with van der Waals surface area (Å²) in [6.45, 7) is 6.50. The van der Waals surface area contributed by atoms with Crippen molar-refractivity contribution in [1.82, 2.24) is 9.55 Å². The monoisotopic (exact) mass is 259 g/mol. The Balaban J connectivity index is 2.55. The fourth-order valence-electron chi connectivity index (χ4n) is 2.07. The summed E-state index contributed by atoms with van der Waals surface area (Å²) in [5, 5.41) is 0. The molecular weight excluding hydrogens is 238 g/mol. The Kier molecular flexibility index (Phi) is 3.27. The van der Waals surface area contributed by atoms with Crippen molar-refractivity contribution in [3.05, 3.63) is 30.0 Å². The van der Waals surface area contributed by atoms with Crippen LogP contribution in [0.2, 0.25) is 0 Å². The average Bonchev–Trinajstić information content (AvgIpc) is 2.68. The van der Waals surface area contributed by atoms with Crippen molar-refractivity contribution < 1.29 is 4.74 Å². The second-order valence-corrected chi connectivity index (χ2v) is 5.76. The molecule has 2 N–H and O–H groups in total. The van der Waals surface area contributed by atoms with Crippen LogP contribution >= 0.6 is 0 Å². The molecule has 0 bridgehead atoms. The van der Waals surface area contributed by atoms with Crippen LogP contribution in [-0.2, 0) is 12.5 Å². The number of benzene rings is 1. The van der Waals surface area contributed by atoms with Crippen molar-refractivity contribution in [2.45, 2.75) is 26.2 Å². The van der Waals surface area contributed by atoms with Crippen LogP contribution in [0.1, 0.15) is 26.3 Å². The van der Waals surface area contributed by atoms with Crippen molar-refractivity contribution in [2.75, 3.05) is 12.8 Å². The molecule has 0 radical (unpaired) electrons. The highest BCUT2D eigenvalue weighted by atomic mass is 16.5. The Morgan fingerprint density at radius 1 is 1.26 bits per heavy atom. The fraction of sp³-hybridized carbons (Fsp3) is 0.400. The van der Waals surface area contributed by atoms with E-state index in [-0.39, 0.29) is 5.41 Å². The highest BCUT2D eigenvalue weighted by Crippen LogP contribution is 2.34. The molecule has 0 aliphatic rings. The Morgan fingerprint density at radius 2 is 1.95 bits per heavy atom. The molecule has 2 rings (SSSR count). The molecule has 0 atom stereocenters. The Bertz CT molecular complexity index is 574. The fourth-order valence-corrected chi connectivity index (χ4v) is 2.07. The third kappa shape index (κ3) is 2.57. The van der Waals surface area contributed by atoms with Crippen LogP contribution in [0.3, 0.4) is 0 Å². The maximum absolute atomic E-state index is 5.79. The molecule has 0 amide bonds. The first-order chi connectivity index (χ1) is 8.82. The molecule has 1 heterocycles.